The monoisotopic (exact) mass is 261 g/mol. The summed E-state index contributed by atoms with van der Waals surface area (Å²) in [4.78, 5) is 10.6. The van der Waals surface area contributed by atoms with Crippen molar-refractivity contribution in [3.05, 3.63) is 23.7 Å². The fourth-order valence-corrected chi connectivity index (χ4v) is 1.93. The minimum absolute atomic E-state index is 0.109. The number of nitrogens with one attached hydrogen (secondary N) is 1. The lowest BCUT2D eigenvalue weighted by molar-refractivity contribution is 0.0696. The smallest absolute Gasteiger partial charge is 0.338 e. The standard InChI is InChI=1S/C10H15NO5S/c1-17(14,15)4-2-3-11-6-9-5-8(7-16-9)10(12)13/h5,7,11H,2-4,6H2,1H3,(H,12,13). The van der Waals surface area contributed by atoms with Crippen molar-refractivity contribution < 1.29 is 22.7 Å². The van der Waals surface area contributed by atoms with Crippen LogP contribution in [0.4, 0.5) is 0 Å². The fourth-order valence-electron chi connectivity index (χ4n) is 1.26. The molecule has 1 heterocycles. The highest BCUT2D eigenvalue weighted by Gasteiger charge is 2.07. The number of sulfone groups is 1. The van der Waals surface area contributed by atoms with Gasteiger partial charge in [-0.25, -0.2) is 13.2 Å². The molecule has 0 fully saturated rings. The van der Waals surface area contributed by atoms with Crippen molar-refractivity contribution in [1.82, 2.24) is 5.32 Å². The molecule has 6 nitrogen and oxygen atoms in total. The molecule has 0 aliphatic carbocycles. The van der Waals surface area contributed by atoms with E-state index in [4.69, 9.17) is 9.52 Å². The second-order valence-corrected chi connectivity index (χ2v) is 6.03. The molecule has 1 rings (SSSR count). The molecular weight excluding hydrogens is 246 g/mol. The summed E-state index contributed by atoms with van der Waals surface area (Å²) in [7, 11) is -2.92. The summed E-state index contributed by atoms with van der Waals surface area (Å²) in [6, 6.07) is 1.44. The van der Waals surface area contributed by atoms with E-state index in [0.29, 0.717) is 25.3 Å². The first kappa shape index (κ1) is 13.7. The number of carbonyl (C=O) groups is 1. The molecule has 0 spiro atoms. The number of carboxylic acids is 1. The van der Waals surface area contributed by atoms with E-state index in [1.54, 1.807) is 0 Å². The average molecular weight is 261 g/mol. The maximum Gasteiger partial charge on any atom is 0.338 e. The molecule has 0 bridgehead atoms. The highest BCUT2D eigenvalue weighted by molar-refractivity contribution is 7.90. The Bertz CT molecular complexity index is 477. The van der Waals surface area contributed by atoms with Gasteiger partial charge in [-0.05, 0) is 19.0 Å². The summed E-state index contributed by atoms with van der Waals surface area (Å²) in [6.45, 7) is 0.924. The highest BCUT2D eigenvalue weighted by atomic mass is 32.2. The Balaban J connectivity index is 2.24. The number of furan rings is 1. The van der Waals surface area contributed by atoms with Gasteiger partial charge in [0.2, 0.25) is 0 Å². The molecule has 2 N–H and O–H groups in total. The first-order chi connectivity index (χ1) is 7.88. The zero-order valence-corrected chi connectivity index (χ0v) is 10.3. The molecule has 96 valence electrons. The predicted molar refractivity (Wildman–Crippen MR) is 61.7 cm³/mol. The van der Waals surface area contributed by atoms with Crippen LogP contribution in [0, 0.1) is 0 Å². The molecule has 0 atom stereocenters. The van der Waals surface area contributed by atoms with Crippen LogP contribution in [0.3, 0.4) is 0 Å². The molecule has 7 heteroatoms. The van der Waals surface area contributed by atoms with E-state index in [-0.39, 0.29) is 11.3 Å². The molecule has 0 aliphatic rings. The van der Waals surface area contributed by atoms with Crippen LogP contribution in [0.5, 0.6) is 0 Å². The van der Waals surface area contributed by atoms with Crippen molar-refractivity contribution in [3.8, 4) is 0 Å². The van der Waals surface area contributed by atoms with Crippen LogP contribution in [0.1, 0.15) is 22.5 Å². The van der Waals surface area contributed by atoms with E-state index < -0.39 is 15.8 Å². The quantitative estimate of drug-likeness (QED) is 0.694. The van der Waals surface area contributed by atoms with E-state index >= 15 is 0 Å². The third kappa shape index (κ3) is 5.50. The molecular formula is C10H15NO5S. The van der Waals surface area contributed by atoms with E-state index in [1.165, 1.54) is 18.6 Å². The maximum absolute atomic E-state index is 10.8. The second-order valence-electron chi connectivity index (χ2n) is 3.77. The normalized spacial score (nSPS) is 11.6. The van der Waals surface area contributed by atoms with Crippen molar-refractivity contribution in [2.75, 3.05) is 18.6 Å². The summed E-state index contributed by atoms with van der Waals surface area (Å²) < 4.78 is 26.7. The second kappa shape index (κ2) is 5.83. The van der Waals surface area contributed by atoms with Crippen molar-refractivity contribution in [2.45, 2.75) is 13.0 Å². The largest absolute Gasteiger partial charge is 0.478 e. The van der Waals surface area contributed by atoms with Crippen LogP contribution in [0.25, 0.3) is 0 Å². The van der Waals surface area contributed by atoms with Gasteiger partial charge in [0.25, 0.3) is 0 Å². The zero-order valence-electron chi connectivity index (χ0n) is 9.47. The molecule has 1 aromatic rings. The average Bonchev–Trinajstić information content (AvgIpc) is 2.64. The minimum atomic E-state index is -2.92. The SMILES string of the molecule is CS(=O)(=O)CCCNCc1cc(C(=O)O)co1. The Morgan fingerprint density at radius 2 is 2.24 bits per heavy atom. The van der Waals surface area contributed by atoms with E-state index in [0.717, 1.165) is 0 Å². The summed E-state index contributed by atoms with van der Waals surface area (Å²) in [5, 5.41) is 11.6. The topological polar surface area (TPSA) is 96.6 Å². The van der Waals surface area contributed by atoms with Gasteiger partial charge in [0.15, 0.2) is 0 Å². The molecule has 0 saturated carbocycles. The first-order valence-corrected chi connectivity index (χ1v) is 7.14. The van der Waals surface area contributed by atoms with Crippen LogP contribution < -0.4 is 5.32 Å². The van der Waals surface area contributed by atoms with Gasteiger partial charge >= 0.3 is 5.97 Å². The van der Waals surface area contributed by atoms with Crippen molar-refractivity contribution in [2.24, 2.45) is 0 Å². The molecule has 0 saturated heterocycles. The van der Waals surface area contributed by atoms with Crippen LogP contribution in [-0.4, -0.2) is 38.0 Å². The van der Waals surface area contributed by atoms with Gasteiger partial charge in [-0.1, -0.05) is 0 Å². The van der Waals surface area contributed by atoms with Gasteiger partial charge in [0, 0.05) is 6.26 Å². The Hall–Kier alpha value is -1.34. The number of aromatic carboxylic acids is 1. The number of hydrogen-bond donors (Lipinski definition) is 2. The zero-order chi connectivity index (χ0) is 12.9. The van der Waals surface area contributed by atoms with E-state index in [1.807, 2.05) is 0 Å². The van der Waals surface area contributed by atoms with Crippen molar-refractivity contribution >= 4 is 15.8 Å². The molecule has 17 heavy (non-hydrogen) atoms. The number of carboxylic acid groups (broad SMARTS) is 1. The van der Waals surface area contributed by atoms with E-state index in [2.05, 4.69) is 5.32 Å². The van der Waals surface area contributed by atoms with Gasteiger partial charge in [0.1, 0.15) is 21.9 Å². The minimum Gasteiger partial charge on any atom is -0.478 e. The maximum atomic E-state index is 10.8. The highest BCUT2D eigenvalue weighted by Crippen LogP contribution is 2.07. The lowest BCUT2D eigenvalue weighted by atomic mass is 10.3. The van der Waals surface area contributed by atoms with Crippen LogP contribution in [0.2, 0.25) is 0 Å². The summed E-state index contributed by atoms with van der Waals surface area (Å²) >= 11 is 0. The van der Waals surface area contributed by atoms with Gasteiger partial charge < -0.3 is 14.8 Å². The third-order valence-corrected chi connectivity index (χ3v) is 3.10. The molecule has 0 radical (unpaired) electrons. The number of rotatable bonds is 7. The van der Waals surface area contributed by atoms with Gasteiger partial charge in [-0.2, -0.15) is 0 Å². The molecule has 0 amide bonds. The molecule has 0 aromatic carbocycles. The Labute approximate surface area is 99.5 Å². The predicted octanol–water partition coefficient (Wildman–Crippen LogP) is 0.502. The van der Waals surface area contributed by atoms with Crippen molar-refractivity contribution in [1.29, 1.82) is 0 Å². The van der Waals surface area contributed by atoms with Crippen LogP contribution in [-0.2, 0) is 16.4 Å². The molecule has 1 aromatic heterocycles. The molecule has 0 unspecified atom stereocenters. The first-order valence-electron chi connectivity index (χ1n) is 5.07. The van der Waals surface area contributed by atoms with Gasteiger partial charge in [0.05, 0.1) is 17.9 Å². The van der Waals surface area contributed by atoms with Crippen molar-refractivity contribution in [3.63, 3.8) is 0 Å². The Kier molecular flexibility index (Phi) is 4.71. The lowest BCUT2D eigenvalue weighted by Crippen LogP contribution is -2.17. The van der Waals surface area contributed by atoms with Crippen LogP contribution >= 0.6 is 0 Å². The van der Waals surface area contributed by atoms with Gasteiger partial charge in [-0.3, -0.25) is 0 Å². The van der Waals surface area contributed by atoms with Gasteiger partial charge in [-0.15, -0.1) is 0 Å². The Morgan fingerprint density at radius 1 is 1.53 bits per heavy atom. The summed E-state index contributed by atoms with van der Waals surface area (Å²) in [6.07, 6.45) is 2.89. The van der Waals surface area contributed by atoms with E-state index in [9.17, 15) is 13.2 Å². The Morgan fingerprint density at radius 3 is 2.76 bits per heavy atom. The molecule has 0 aliphatic heterocycles. The fraction of sp³-hybridized carbons (Fsp3) is 0.500. The summed E-state index contributed by atoms with van der Waals surface area (Å²) in [5.41, 5.74) is 0.109. The number of hydrogen-bond acceptors (Lipinski definition) is 5. The van der Waals surface area contributed by atoms with Crippen LogP contribution in [0.15, 0.2) is 16.7 Å². The lowest BCUT2D eigenvalue weighted by Gasteiger charge is -2.01. The third-order valence-electron chi connectivity index (χ3n) is 2.07. The summed E-state index contributed by atoms with van der Waals surface area (Å²) in [5.74, 6) is -0.378.